The Bertz CT molecular complexity index is 1170. The minimum absolute atomic E-state index is 0. The molecule has 0 unspecified atom stereocenters. The molecule has 1 fully saturated rings. The zero-order chi connectivity index (χ0) is 24.6. The third-order valence-electron chi connectivity index (χ3n) is 7.06. The average Bonchev–Trinajstić information content (AvgIpc) is 2.70. The Kier molecular flexibility index (Phi) is 6.88. The summed E-state index contributed by atoms with van der Waals surface area (Å²) >= 11 is 0. The number of hydrogen-bond acceptors (Lipinski definition) is 9. The van der Waals surface area contributed by atoms with Gasteiger partial charge in [0, 0.05) is 31.3 Å². The van der Waals surface area contributed by atoms with Crippen molar-refractivity contribution < 1.29 is 34.8 Å². The van der Waals surface area contributed by atoms with Crippen molar-refractivity contribution in [1.29, 1.82) is 0 Å². The maximum absolute atomic E-state index is 13.7. The molecule has 4 rings (SSSR count). The Morgan fingerprint density at radius 2 is 1.74 bits per heavy atom. The summed E-state index contributed by atoms with van der Waals surface area (Å²) < 4.78 is 0. The summed E-state index contributed by atoms with van der Waals surface area (Å²) in [6, 6.07) is 2.01. The summed E-state index contributed by atoms with van der Waals surface area (Å²) in [4.78, 5) is 42.0. The number of Topliss-reactive ketones (excluding diaryl/α,β-unsaturated/α-hetero) is 2. The number of fused-ring (bicyclic) bond motifs is 3. The second-order valence-corrected chi connectivity index (χ2v) is 9.31. The standard InChI is InChI=1S/C23H27N3O7.Ca/c1-25(2)12-5-6-13(27)15-10(12)7-9-8-11-17(26(3)4)19(29)16(22(24)32)21(31)23(11,33)20(30)14(9)18(15)28;/h5-6,9,11,17,27-28,31,33H,7-8H2,1-4H3,(H2,24,32);/q;+2/t9-,11-,17-,23-;/m0./s1. The molecule has 0 aliphatic heterocycles. The summed E-state index contributed by atoms with van der Waals surface area (Å²) in [5.74, 6) is -6.54. The number of carbonyl (C=O) groups excluding carboxylic acids is 3. The number of aliphatic hydroxyl groups excluding tert-OH is 2. The van der Waals surface area contributed by atoms with Crippen LogP contribution >= 0.6 is 0 Å². The number of nitrogens with two attached hydrogens (primary N) is 1. The molecule has 176 valence electrons. The van der Waals surface area contributed by atoms with E-state index in [4.69, 9.17) is 5.73 Å². The van der Waals surface area contributed by atoms with E-state index in [0.29, 0.717) is 5.56 Å². The molecule has 0 radical (unpaired) electrons. The molecule has 4 atom stereocenters. The number of likely N-dealkylation sites (N-methyl/N-ethyl adjacent to an activating group) is 1. The number of nitrogens with zero attached hydrogens (tertiary/aromatic N) is 2. The Morgan fingerprint density at radius 3 is 2.26 bits per heavy atom. The molecule has 34 heavy (non-hydrogen) atoms. The van der Waals surface area contributed by atoms with Crippen molar-refractivity contribution in [2.45, 2.75) is 24.5 Å². The Labute approximate surface area is 226 Å². The number of anilines is 1. The summed E-state index contributed by atoms with van der Waals surface area (Å²) in [6.07, 6.45) is 0.324. The van der Waals surface area contributed by atoms with Gasteiger partial charge in [0.25, 0.3) is 5.91 Å². The van der Waals surface area contributed by atoms with E-state index in [9.17, 15) is 34.8 Å². The van der Waals surface area contributed by atoms with E-state index in [1.807, 2.05) is 19.0 Å². The van der Waals surface area contributed by atoms with Crippen molar-refractivity contribution in [2.24, 2.45) is 17.6 Å². The Morgan fingerprint density at radius 1 is 1.12 bits per heavy atom. The van der Waals surface area contributed by atoms with E-state index in [2.05, 4.69) is 0 Å². The number of aromatic hydroxyl groups is 1. The summed E-state index contributed by atoms with van der Waals surface area (Å²) in [6.45, 7) is 0. The predicted octanol–water partition coefficient (Wildman–Crippen LogP) is -0.351. The van der Waals surface area contributed by atoms with Crippen LogP contribution < -0.4 is 10.6 Å². The van der Waals surface area contributed by atoms with Crippen molar-refractivity contribution in [3.05, 3.63) is 40.2 Å². The number of benzene rings is 1. The van der Waals surface area contributed by atoms with E-state index in [1.54, 1.807) is 20.2 Å². The molecule has 0 heterocycles. The SMILES string of the molecule is CN(C)c1ccc(O)c2c1C[C@H]1C[C@H]3[C@H](N(C)C)C(=O)C(C(N)=O)=C(O)[C@@]3(O)C(=O)C1=C2O.[Ca+2]. The third kappa shape index (κ3) is 3.46. The number of ketones is 2. The molecule has 3 aliphatic rings. The van der Waals surface area contributed by atoms with Gasteiger partial charge in [-0.1, -0.05) is 0 Å². The van der Waals surface area contributed by atoms with Crippen molar-refractivity contribution in [3.8, 4) is 5.75 Å². The van der Waals surface area contributed by atoms with Gasteiger partial charge in [-0.3, -0.25) is 19.3 Å². The van der Waals surface area contributed by atoms with Gasteiger partial charge in [-0.25, -0.2) is 0 Å². The van der Waals surface area contributed by atoms with E-state index in [-0.39, 0.29) is 67.5 Å². The van der Waals surface area contributed by atoms with Crippen LogP contribution in [-0.2, 0) is 20.8 Å². The fourth-order valence-electron chi connectivity index (χ4n) is 5.65. The number of rotatable bonds is 3. The summed E-state index contributed by atoms with van der Waals surface area (Å²) in [5, 5.41) is 43.9. The molecule has 0 saturated heterocycles. The van der Waals surface area contributed by atoms with Crippen molar-refractivity contribution >= 4 is 66.7 Å². The molecule has 3 aliphatic carbocycles. The van der Waals surface area contributed by atoms with Gasteiger partial charge in [0.1, 0.15) is 22.8 Å². The topological polar surface area (TPSA) is 165 Å². The fraction of sp³-hybridized carbons (Fsp3) is 0.435. The number of hydrogen-bond donors (Lipinski definition) is 5. The van der Waals surface area contributed by atoms with E-state index in [0.717, 1.165) is 5.69 Å². The average molecular weight is 498 g/mol. The largest absolute Gasteiger partial charge is 2.00 e. The molecular weight excluding hydrogens is 470 g/mol. The van der Waals surface area contributed by atoms with Crippen molar-refractivity contribution in [1.82, 2.24) is 4.90 Å². The van der Waals surface area contributed by atoms with Gasteiger partial charge in [0.15, 0.2) is 11.4 Å². The maximum Gasteiger partial charge on any atom is 2.00 e. The fourth-order valence-corrected chi connectivity index (χ4v) is 5.65. The zero-order valence-corrected chi connectivity index (χ0v) is 21.7. The van der Waals surface area contributed by atoms with Crippen LogP contribution in [0, 0.1) is 11.8 Å². The normalized spacial score (nSPS) is 28.2. The summed E-state index contributed by atoms with van der Waals surface area (Å²) in [7, 11) is 6.75. The number of amides is 1. The predicted molar refractivity (Wildman–Crippen MR) is 124 cm³/mol. The zero-order valence-electron chi connectivity index (χ0n) is 19.5. The van der Waals surface area contributed by atoms with Gasteiger partial charge < -0.3 is 31.1 Å². The molecule has 6 N–H and O–H groups in total. The van der Waals surface area contributed by atoms with Crippen LogP contribution in [0.5, 0.6) is 5.75 Å². The van der Waals surface area contributed by atoms with Gasteiger partial charge in [0.2, 0.25) is 5.78 Å². The molecular formula is C23H27CaN3O7+2. The minimum atomic E-state index is -2.63. The number of carbonyl (C=O) groups is 3. The first-order chi connectivity index (χ1) is 15.3. The van der Waals surface area contributed by atoms with Crippen LogP contribution in [0.2, 0.25) is 0 Å². The van der Waals surface area contributed by atoms with Crippen molar-refractivity contribution in [2.75, 3.05) is 33.1 Å². The molecule has 1 saturated carbocycles. The van der Waals surface area contributed by atoms with E-state index < -0.39 is 58.0 Å². The molecule has 1 aromatic rings. The second kappa shape index (κ2) is 8.83. The van der Waals surface area contributed by atoms with Gasteiger partial charge >= 0.3 is 37.7 Å². The van der Waals surface area contributed by atoms with E-state index in [1.165, 1.54) is 11.0 Å². The molecule has 0 bridgehead atoms. The summed E-state index contributed by atoms with van der Waals surface area (Å²) in [5.41, 5.74) is 3.15. The van der Waals surface area contributed by atoms with Crippen LogP contribution in [-0.4, -0.2) is 120 Å². The molecule has 11 heteroatoms. The first-order valence-electron chi connectivity index (χ1n) is 10.5. The van der Waals surface area contributed by atoms with Gasteiger partial charge in [-0.15, -0.1) is 0 Å². The van der Waals surface area contributed by atoms with Gasteiger partial charge in [-0.05, 0) is 50.6 Å². The maximum atomic E-state index is 13.7. The molecule has 0 aromatic heterocycles. The monoisotopic (exact) mass is 497 g/mol. The molecule has 10 nitrogen and oxygen atoms in total. The third-order valence-corrected chi connectivity index (χ3v) is 7.06. The number of phenolic OH excluding ortho intramolecular Hbond substituents is 1. The second-order valence-electron chi connectivity index (χ2n) is 9.31. The number of primary amides is 1. The smallest absolute Gasteiger partial charge is 0.508 e. The first kappa shape index (κ1) is 26.5. The van der Waals surface area contributed by atoms with Crippen LogP contribution in [0.15, 0.2) is 29.0 Å². The van der Waals surface area contributed by atoms with Gasteiger partial charge in [-0.2, -0.15) is 0 Å². The van der Waals surface area contributed by atoms with E-state index >= 15 is 0 Å². The van der Waals surface area contributed by atoms with Crippen LogP contribution in [0.4, 0.5) is 5.69 Å². The van der Waals surface area contributed by atoms with Gasteiger partial charge in [0.05, 0.1) is 11.6 Å². The number of phenols is 1. The molecule has 0 spiro atoms. The van der Waals surface area contributed by atoms with Crippen LogP contribution in [0.3, 0.4) is 0 Å². The molecule has 1 amide bonds. The van der Waals surface area contributed by atoms with Crippen LogP contribution in [0.25, 0.3) is 5.76 Å². The minimum Gasteiger partial charge on any atom is -0.508 e. The Hall–Kier alpha value is -2.11. The quantitative estimate of drug-likeness (QED) is 0.277. The van der Waals surface area contributed by atoms with Crippen LogP contribution in [0.1, 0.15) is 17.5 Å². The number of aliphatic hydroxyl groups is 3. The first-order valence-corrected chi connectivity index (χ1v) is 10.5. The van der Waals surface area contributed by atoms with Crippen molar-refractivity contribution in [3.63, 3.8) is 0 Å². The molecule has 1 aromatic carbocycles. The Balaban J connectivity index is 0.00000324.